The van der Waals surface area contributed by atoms with E-state index in [-0.39, 0.29) is 28.9 Å². The van der Waals surface area contributed by atoms with E-state index >= 15 is 0 Å². The summed E-state index contributed by atoms with van der Waals surface area (Å²) in [5, 5.41) is 3.60. The van der Waals surface area contributed by atoms with Crippen LogP contribution in [0.15, 0.2) is 42.6 Å². The molecule has 9 heteroatoms. The number of alkyl halides is 2. The molecule has 0 aliphatic heterocycles. The maximum absolute atomic E-state index is 14.6. The number of amides is 1. The Balaban J connectivity index is 2.24. The summed E-state index contributed by atoms with van der Waals surface area (Å²) in [5.74, 6) is -3.18. The summed E-state index contributed by atoms with van der Waals surface area (Å²) in [7, 11) is 1.37. The molecule has 0 atom stereocenters. The fourth-order valence-electron chi connectivity index (χ4n) is 2.72. The molecule has 140 valence electrons. The van der Waals surface area contributed by atoms with Crippen LogP contribution >= 0.6 is 0 Å². The largest absolute Gasteiger partial charge is 0.284 e. The number of rotatable bonds is 5. The summed E-state index contributed by atoms with van der Waals surface area (Å²) in [6.07, 6.45) is -1.72. The lowest BCUT2D eigenvalue weighted by atomic mass is 10.0. The number of para-hydroxylation sites is 1. The van der Waals surface area contributed by atoms with Gasteiger partial charge in [0.15, 0.2) is 17.3 Å². The molecule has 0 radical (unpaired) electrons. The molecule has 2 aromatic carbocycles. The van der Waals surface area contributed by atoms with E-state index in [9.17, 15) is 26.7 Å². The minimum Gasteiger partial charge on any atom is -0.278 e. The summed E-state index contributed by atoms with van der Waals surface area (Å²) in [6.45, 7) is 0. The molecule has 27 heavy (non-hydrogen) atoms. The van der Waals surface area contributed by atoms with Crippen LogP contribution in [0, 0.1) is 17.5 Å². The molecule has 1 amide bonds. The molecule has 1 aromatic heterocycles. The molecule has 0 aliphatic carbocycles. The third-order valence-corrected chi connectivity index (χ3v) is 3.87. The van der Waals surface area contributed by atoms with E-state index in [1.54, 1.807) is 0 Å². The summed E-state index contributed by atoms with van der Waals surface area (Å²) < 4.78 is 69.0. The number of hydrogen-bond acceptors (Lipinski definition) is 2. The molecule has 3 aromatic rings. The summed E-state index contributed by atoms with van der Waals surface area (Å²) >= 11 is 0. The number of benzene rings is 2. The molecule has 0 saturated heterocycles. The number of carbonyl (C=O) groups is 1. The van der Waals surface area contributed by atoms with Crippen LogP contribution in [0.25, 0.3) is 11.1 Å². The van der Waals surface area contributed by atoms with Crippen molar-refractivity contribution in [2.24, 2.45) is 7.05 Å². The fraction of sp³-hybridized carbons (Fsp3) is 0.111. The van der Waals surface area contributed by atoms with E-state index in [4.69, 9.17) is 0 Å². The predicted octanol–water partition coefficient (Wildman–Crippen LogP) is 4.74. The molecule has 0 aliphatic rings. The quantitative estimate of drug-likeness (QED) is 0.473. The van der Waals surface area contributed by atoms with Gasteiger partial charge in [0.05, 0.1) is 11.4 Å². The zero-order valence-electron chi connectivity index (χ0n) is 13.8. The van der Waals surface area contributed by atoms with Crippen LogP contribution in [0.5, 0.6) is 0 Å². The number of aromatic nitrogens is 2. The SMILES string of the molecule is Cn1cc(N(C=O)c2c(F)cccc2-c2ccc(F)c(F)c2)c(C(F)F)n1. The second-order valence-corrected chi connectivity index (χ2v) is 5.61. The zero-order valence-corrected chi connectivity index (χ0v) is 13.8. The number of aryl methyl sites for hydroxylation is 1. The Labute approximate surface area is 150 Å². The Morgan fingerprint density at radius 3 is 2.44 bits per heavy atom. The first kappa shape index (κ1) is 18.6. The lowest BCUT2D eigenvalue weighted by Gasteiger charge is -2.21. The molecule has 0 spiro atoms. The lowest BCUT2D eigenvalue weighted by molar-refractivity contribution is -0.106. The molecule has 0 bridgehead atoms. The van der Waals surface area contributed by atoms with Crippen LogP contribution in [0.3, 0.4) is 0 Å². The average molecular weight is 381 g/mol. The van der Waals surface area contributed by atoms with Gasteiger partial charge in [0.25, 0.3) is 6.43 Å². The van der Waals surface area contributed by atoms with Gasteiger partial charge in [-0.1, -0.05) is 18.2 Å². The summed E-state index contributed by atoms with van der Waals surface area (Å²) in [4.78, 5) is 12.4. The van der Waals surface area contributed by atoms with Gasteiger partial charge in [-0.15, -0.1) is 0 Å². The predicted molar refractivity (Wildman–Crippen MR) is 88.1 cm³/mol. The number of anilines is 2. The molecular formula is C18H12F5N3O. The maximum atomic E-state index is 14.6. The fourth-order valence-corrected chi connectivity index (χ4v) is 2.72. The molecule has 0 saturated carbocycles. The highest BCUT2D eigenvalue weighted by molar-refractivity contribution is 5.94. The van der Waals surface area contributed by atoms with Crippen molar-refractivity contribution in [1.29, 1.82) is 0 Å². The highest BCUT2D eigenvalue weighted by atomic mass is 19.3. The third-order valence-electron chi connectivity index (χ3n) is 3.87. The van der Waals surface area contributed by atoms with Gasteiger partial charge >= 0.3 is 0 Å². The van der Waals surface area contributed by atoms with Crippen molar-refractivity contribution in [1.82, 2.24) is 9.78 Å². The van der Waals surface area contributed by atoms with Crippen molar-refractivity contribution in [3.05, 3.63) is 65.7 Å². The maximum Gasteiger partial charge on any atom is 0.284 e. The van der Waals surface area contributed by atoms with Gasteiger partial charge in [0.1, 0.15) is 5.82 Å². The Hall–Kier alpha value is -3.23. The van der Waals surface area contributed by atoms with Gasteiger partial charge in [-0.25, -0.2) is 22.0 Å². The second-order valence-electron chi connectivity index (χ2n) is 5.61. The second kappa shape index (κ2) is 7.18. The van der Waals surface area contributed by atoms with E-state index in [0.29, 0.717) is 4.90 Å². The number of carbonyl (C=O) groups excluding carboxylic acids is 1. The van der Waals surface area contributed by atoms with E-state index in [1.807, 2.05) is 0 Å². The van der Waals surface area contributed by atoms with Gasteiger partial charge in [0.2, 0.25) is 6.41 Å². The van der Waals surface area contributed by atoms with Crippen LogP contribution in [0.4, 0.5) is 33.3 Å². The molecule has 0 N–H and O–H groups in total. The minimum atomic E-state index is -3.01. The number of nitrogens with zero attached hydrogens (tertiary/aromatic N) is 3. The number of halogens is 5. The van der Waals surface area contributed by atoms with Crippen molar-refractivity contribution >= 4 is 17.8 Å². The molecule has 1 heterocycles. The van der Waals surface area contributed by atoms with Crippen molar-refractivity contribution < 1.29 is 26.7 Å². The van der Waals surface area contributed by atoms with Crippen molar-refractivity contribution in [3.63, 3.8) is 0 Å². The Kier molecular flexibility index (Phi) is 4.93. The van der Waals surface area contributed by atoms with E-state index in [1.165, 1.54) is 25.2 Å². The van der Waals surface area contributed by atoms with Gasteiger partial charge in [-0.3, -0.25) is 14.4 Å². The number of hydrogen-bond donors (Lipinski definition) is 0. The highest BCUT2D eigenvalue weighted by Crippen LogP contribution is 2.39. The van der Waals surface area contributed by atoms with Crippen molar-refractivity contribution in [3.8, 4) is 11.1 Å². The van der Waals surface area contributed by atoms with Crippen LogP contribution in [0.1, 0.15) is 12.1 Å². The first-order valence-corrected chi connectivity index (χ1v) is 7.63. The average Bonchev–Trinajstić information content (AvgIpc) is 3.01. The Morgan fingerprint density at radius 1 is 1.07 bits per heavy atom. The molecule has 4 nitrogen and oxygen atoms in total. The van der Waals surface area contributed by atoms with Crippen LogP contribution in [-0.2, 0) is 11.8 Å². The van der Waals surface area contributed by atoms with E-state index in [2.05, 4.69) is 5.10 Å². The smallest absolute Gasteiger partial charge is 0.278 e. The molecule has 0 unspecified atom stereocenters. The molecule has 0 fully saturated rings. The minimum absolute atomic E-state index is 0.0186. The van der Waals surface area contributed by atoms with Gasteiger partial charge in [-0.05, 0) is 23.8 Å². The van der Waals surface area contributed by atoms with Crippen LogP contribution in [-0.4, -0.2) is 16.2 Å². The topological polar surface area (TPSA) is 38.1 Å². The van der Waals surface area contributed by atoms with E-state index < -0.39 is 29.6 Å². The lowest BCUT2D eigenvalue weighted by Crippen LogP contribution is -2.18. The Bertz CT molecular complexity index is 1000. The van der Waals surface area contributed by atoms with Crippen molar-refractivity contribution in [2.75, 3.05) is 4.90 Å². The first-order valence-electron chi connectivity index (χ1n) is 7.63. The summed E-state index contributed by atoms with van der Waals surface area (Å²) in [6, 6.07) is 6.55. The van der Waals surface area contributed by atoms with Crippen LogP contribution in [0.2, 0.25) is 0 Å². The first-order chi connectivity index (χ1) is 12.8. The van der Waals surface area contributed by atoms with Gasteiger partial charge < -0.3 is 0 Å². The van der Waals surface area contributed by atoms with Gasteiger partial charge in [0, 0.05) is 18.8 Å². The van der Waals surface area contributed by atoms with Crippen LogP contribution < -0.4 is 4.90 Å². The van der Waals surface area contributed by atoms with Crippen molar-refractivity contribution in [2.45, 2.75) is 6.43 Å². The standard InChI is InChI=1S/C18H12F5N3O/c1-25-8-15(16(24-25)18(22)23)26(9-27)17-11(3-2-4-13(17)20)10-5-6-12(19)14(21)7-10/h2-9,18H,1H3. The normalized spacial score (nSPS) is 11.1. The van der Waals surface area contributed by atoms with Gasteiger partial charge in [-0.2, -0.15) is 5.10 Å². The monoisotopic (exact) mass is 381 g/mol. The third kappa shape index (κ3) is 3.40. The molecular weight excluding hydrogens is 369 g/mol. The highest BCUT2D eigenvalue weighted by Gasteiger charge is 2.27. The summed E-state index contributed by atoms with van der Waals surface area (Å²) in [5.41, 5.74) is -1.34. The molecule has 3 rings (SSSR count). The Morgan fingerprint density at radius 2 is 1.81 bits per heavy atom. The zero-order chi connectivity index (χ0) is 19.7. The van der Waals surface area contributed by atoms with E-state index in [0.717, 1.165) is 29.1 Å².